The van der Waals surface area contributed by atoms with Gasteiger partial charge in [0.1, 0.15) is 0 Å². The first kappa shape index (κ1) is 17.1. The molecule has 1 aromatic carbocycles. The van der Waals surface area contributed by atoms with E-state index in [4.69, 9.17) is 21.1 Å². The highest BCUT2D eigenvalue weighted by Gasteiger charge is 2.31. The summed E-state index contributed by atoms with van der Waals surface area (Å²) < 4.78 is 10.6. The SMILES string of the molecule is CCC1c2ccsc2CCN1C(=O)c1cc(Cl)c(OC)c(OC)c1. The Morgan fingerprint density at radius 2 is 2.17 bits per heavy atom. The van der Waals surface area contributed by atoms with Gasteiger partial charge in [0.25, 0.3) is 5.91 Å². The van der Waals surface area contributed by atoms with Gasteiger partial charge in [0.15, 0.2) is 11.5 Å². The molecule has 0 spiro atoms. The molecule has 2 heterocycles. The molecular formula is C18H20ClNO3S. The molecule has 0 aliphatic carbocycles. The van der Waals surface area contributed by atoms with Crippen LogP contribution in [0, 0.1) is 0 Å². The Morgan fingerprint density at radius 1 is 1.38 bits per heavy atom. The first-order chi connectivity index (χ1) is 11.6. The van der Waals surface area contributed by atoms with Crippen LogP contribution in [-0.2, 0) is 6.42 Å². The maximum Gasteiger partial charge on any atom is 0.254 e. The zero-order valence-corrected chi connectivity index (χ0v) is 15.5. The lowest BCUT2D eigenvalue weighted by molar-refractivity contribution is 0.0657. The maximum absolute atomic E-state index is 13.1. The van der Waals surface area contributed by atoms with Gasteiger partial charge in [0, 0.05) is 17.0 Å². The molecule has 3 rings (SSSR count). The zero-order chi connectivity index (χ0) is 17.3. The van der Waals surface area contributed by atoms with E-state index in [1.54, 1.807) is 23.5 Å². The highest BCUT2D eigenvalue weighted by Crippen LogP contribution is 2.39. The molecule has 128 valence electrons. The highest BCUT2D eigenvalue weighted by atomic mass is 35.5. The first-order valence-electron chi connectivity index (χ1n) is 7.89. The van der Waals surface area contributed by atoms with Gasteiger partial charge in [0.2, 0.25) is 0 Å². The van der Waals surface area contributed by atoms with E-state index in [9.17, 15) is 4.79 Å². The van der Waals surface area contributed by atoms with Crippen LogP contribution in [0.1, 0.15) is 40.2 Å². The largest absolute Gasteiger partial charge is 0.493 e. The van der Waals surface area contributed by atoms with Crippen LogP contribution in [0.3, 0.4) is 0 Å². The average Bonchev–Trinajstić information content (AvgIpc) is 3.08. The summed E-state index contributed by atoms with van der Waals surface area (Å²) in [7, 11) is 3.07. The number of nitrogens with zero attached hydrogens (tertiary/aromatic N) is 1. The van der Waals surface area contributed by atoms with Crippen LogP contribution in [-0.4, -0.2) is 31.6 Å². The van der Waals surface area contributed by atoms with Gasteiger partial charge >= 0.3 is 0 Å². The van der Waals surface area contributed by atoms with Crippen molar-refractivity contribution in [3.63, 3.8) is 0 Å². The third-order valence-electron chi connectivity index (χ3n) is 4.42. The van der Waals surface area contributed by atoms with Crippen molar-refractivity contribution in [3.8, 4) is 11.5 Å². The molecule has 1 amide bonds. The predicted molar refractivity (Wildman–Crippen MR) is 96.6 cm³/mol. The number of amides is 1. The summed E-state index contributed by atoms with van der Waals surface area (Å²) in [5.74, 6) is 0.887. The lowest BCUT2D eigenvalue weighted by Crippen LogP contribution is -2.39. The van der Waals surface area contributed by atoms with Crippen LogP contribution in [0.4, 0.5) is 0 Å². The summed E-state index contributed by atoms with van der Waals surface area (Å²) in [6, 6.07) is 5.60. The van der Waals surface area contributed by atoms with Crippen LogP contribution >= 0.6 is 22.9 Å². The molecule has 0 radical (unpaired) electrons. The molecule has 0 bridgehead atoms. The van der Waals surface area contributed by atoms with Gasteiger partial charge in [-0.15, -0.1) is 11.3 Å². The topological polar surface area (TPSA) is 38.8 Å². The number of halogens is 1. The molecule has 0 saturated carbocycles. The fraction of sp³-hybridized carbons (Fsp3) is 0.389. The lowest BCUT2D eigenvalue weighted by atomic mass is 9.97. The van der Waals surface area contributed by atoms with Crippen molar-refractivity contribution in [3.05, 3.63) is 44.6 Å². The molecule has 0 N–H and O–H groups in total. The molecule has 0 saturated heterocycles. The minimum absolute atomic E-state index is 0.0263. The van der Waals surface area contributed by atoms with Crippen LogP contribution < -0.4 is 9.47 Å². The Labute approximate surface area is 150 Å². The second-order valence-electron chi connectivity index (χ2n) is 5.67. The summed E-state index contributed by atoms with van der Waals surface area (Å²) in [6.07, 6.45) is 1.78. The normalized spacial score (nSPS) is 16.7. The Kier molecular flexibility index (Phi) is 5.01. The zero-order valence-electron chi connectivity index (χ0n) is 14.0. The van der Waals surface area contributed by atoms with Crippen molar-refractivity contribution in [1.82, 2.24) is 4.90 Å². The van der Waals surface area contributed by atoms with Crippen molar-refractivity contribution in [1.29, 1.82) is 0 Å². The number of carbonyl (C=O) groups excluding carboxylic acids is 1. The number of benzene rings is 1. The Bertz CT molecular complexity index is 759. The maximum atomic E-state index is 13.1. The summed E-state index contributed by atoms with van der Waals surface area (Å²) in [5.41, 5.74) is 1.79. The smallest absolute Gasteiger partial charge is 0.254 e. The van der Waals surface area contributed by atoms with E-state index in [2.05, 4.69) is 18.4 Å². The predicted octanol–water partition coefficient (Wildman–Crippen LogP) is 4.57. The van der Waals surface area contributed by atoms with Gasteiger partial charge in [-0.1, -0.05) is 18.5 Å². The van der Waals surface area contributed by atoms with Crippen LogP contribution in [0.5, 0.6) is 11.5 Å². The van der Waals surface area contributed by atoms with E-state index in [1.807, 2.05) is 4.90 Å². The fourth-order valence-corrected chi connectivity index (χ4v) is 4.50. The highest BCUT2D eigenvalue weighted by molar-refractivity contribution is 7.10. The summed E-state index contributed by atoms with van der Waals surface area (Å²) in [4.78, 5) is 16.4. The van der Waals surface area contributed by atoms with Crippen molar-refractivity contribution < 1.29 is 14.3 Å². The van der Waals surface area contributed by atoms with Gasteiger partial charge in [-0.05, 0) is 42.0 Å². The third-order valence-corrected chi connectivity index (χ3v) is 5.70. The van der Waals surface area contributed by atoms with E-state index in [0.29, 0.717) is 22.1 Å². The van der Waals surface area contributed by atoms with Gasteiger partial charge in [0.05, 0.1) is 25.3 Å². The van der Waals surface area contributed by atoms with Crippen molar-refractivity contribution >= 4 is 28.8 Å². The standard InChI is InChI=1S/C18H20ClNO3S/c1-4-14-12-6-8-24-16(12)5-7-20(14)18(21)11-9-13(19)17(23-3)15(10-11)22-2/h6,8-10,14H,4-5,7H2,1-3H3. The lowest BCUT2D eigenvalue weighted by Gasteiger charge is -2.35. The number of hydrogen-bond donors (Lipinski definition) is 0. The Morgan fingerprint density at radius 3 is 2.83 bits per heavy atom. The van der Waals surface area contributed by atoms with Crippen LogP contribution in [0.2, 0.25) is 5.02 Å². The number of fused-ring (bicyclic) bond motifs is 1. The Hall–Kier alpha value is -1.72. The molecular weight excluding hydrogens is 346 g/mol. The second kappa shape index (κ2) is 7.03. The van der Waals surface area contributed by atoms with Gasteiger partial charge < -0.3 is 14.4 Å². The molecule has 1 aromatic heterocycles. The number of hydrogen-bond acceptors (Lipinski definition) is 4. The number of ether oxygens (including phenoxy) is 2. The van der Waals surface area contributed by atoms with E-state index in [-0.39, 0.29) is 11.9 Å². The average molecular weight is 366 g/mol. The molecule has 1 aliphatic rings. The fourth-order valence-electron chi connectivity index (χ4n) is 3.29. The minimum atomic E-state index is -0.0263. The van der Waals surface area contributed by atoms with Crippen molar-refractivity contribution in [2.75, 3.05) is 20.8 Å². The number of methoxy groups -OCH3 is 2. The third kappa shape index (κ3) is 2.87. The van der Waals surface area contributed by atoms with Crippen molar-refractivity contribution in [2.45, 2.75) is 25.8 Å². The van der Waals surface area contributed by atoms with E-state index in [0.717, 1.165) is 19.4 Å². The number of rotatable bonds is 4. The monoisotopic (exact) mass is 365 g/mol. The van der Waals surface area contributed by atoms with E-state index in [1.165, 1.54) is 24.7 Å². The summed E-state index contributed by atoms with van der Waals surface area (Å²) >= 11 is 8.03. The van der Waals surface area contributed by atoms with Gasteiger partial charge in [-0.2, -0.15) is 0 Å². The molecule has 1 unspecified atom stereocenters. The number of thiophene rings is 1. The molecule has 1 atom stereocenters. The molecule has 1 aliphatic heterocycles. The summed E-state index contributed by atoms with van der Waals surface area (Å²) in [5, 5.41) is 2.48. The van der Waals surface area contributed by atoms with E-state index < -0.39 is 0 Å². The molecule has 24 heavy (non-hydrogen) atoms. The first-order valence-corrected chi connectivity index (χ1v) is 9.15. The van der Waals surface area contributed by atoms with Crippen LogP contribution in [0.15, 0.2) is 23.6 Å². The van der Waals surface area contributed by atoms with Gasteiger partial charge in [-0.25, -0.2) is 0 Å². The molecule has 6 heteroatoms. The summed E-state index contributed by atoms with van der Waals surface area (Å²) in [6.45, 7) is 2.83. The van der Waals surface area contributed by atoms with Gasteiger partial charge in [-0.3, -0.25) is 4.79 Å². The van der Waals surface area contributed by atoms with Crippen molar-refractivity contribution in [2.24, 2.45) is 0 Å². The Balaban J connectivity index is 1.96. The second-order valence-corrected chi connectivity index (χ2v) is 7.07. The molecule has 0 fully saturated rings. The molecule has 4 nitrogen and oxygen atoms in total. The van der Waals surface area contributed by atoms with Crippen LogP contribution in [0.25, 0.3) is 0 Å². The quantitative estimate of drug-likeness (QED) is 0.796. The molecule has 2 aromatic rings. The number of carbonyl (C=O) groups is 1. The van der Waals surface area contributed by atoms with E-state index >= 15 is 0 Å². The minimum Gasteiger partial charge on any atom is -0.493 e.